The lowest BCUT2D eigenvalue weighted by Crippen LogP contribution is -2.40. The van der Waals surface area contributed by atoms with Crippen LogP contribution < -0.4 is 11.1 Å². The first-order valence-corrected chi connectivity index (χ1v) is 5.65. The summed E-state index contributed by atoms with van der Waals surface area (Å²) in [6.07, 6.45) is 1.79. The van der Waals surface area contributed by atoms with Crippen molar-refractivity contribution >= 4 is 29.5 Å². The Morgan fingerprint density at radius 1 is 1.39 bits per heavy atom. The lowest BCUT2D eigenvalue weighted by molar-refractivity contribution is -0.125. The molecule has 1 saturated heterocycles. The number of nitrogens with two attached hydrogens (primary N) is 1. The van der Waals surface area contributed by atoms with Crippen LogP contribution in [0.5, 0.6) is 0 Å². The second-order valence-corrected chi connectivity index (χ2v) is 4.44. The molecular weight excluding hydrogens is 232 g/mol. The number of nitrogens with one attached hydrogen (secondary N) is 1. The molecule has 0 spiro atoms. The Bertz CT molecular complexity index is 567. The highest BCUT2D eigenvalue weighted by atomic mass is 16.2. The average Bonchev–Trinajstić information content (AvgIpc) is 2.68. The van der Waals surface area contributed by atoms with Crippen molar-refractivity contribution in [3.05, 3.63) is 23.8 Å². The van der Waals surface area contributed by atoms with Crippen molar-refractivity contribution in [2.24, 2.45) is 4.99 Å². The molecule has 0 aromatic heterocycles. The third kappa shape index (κ3) is 1.71. The minimum atomic E-state index is -0.452. The summed E-state index contributed by atoms with van der Waals surface area (Å²) in [6, 6.07) is 5.04. The predicted molar refractivity (Wildman–Crippen MR) is 66.1 cm³/mol. The summed E-state index contributed by atoms with van der Waals surface area (Å²) in [6.45, 7) is 0.560. The molecule has 1 unspecified atom stereocenters. The molecule has 2 aliphatic heterocycles. The van der Waals surface area contributed by atoms with E-state index in [0.29, 0.717) is 12.2 Å². The fourth-order valence-electron chi connectivity index (χ4n) is 2.21. The highest BCUT2D eigenvalue weighted by Crippen LogP contribution is 2.28. The molecule has 2 heterocycles. The number of anilines is 1. The number of hydrogen-bond donors (Lipinski definition) is 2. The first kappa shape index (κ1) is 10.8. The lowest BCUT2D eigenvalue weighted by Gasteiger charge is -2.27. The quantitative estimate of drug-likeness (QED) is 0.544. The van der Waals surface area contributed by atoms with Crippen molar-refractivity contribution in [3.8, 4) is 0 Å². The largest absolute Gasteiger partial charge is 0.399 e. The van der Waals surface area contributed by atoms with Gasteiger partial charge >= 0.3 is 0 Å². The minimum absolute atomic E-state index is 0.190. The predicted octanol–water partition coefficient (Wildman–Crippen LogP) is 0.159. The molecule has 92 valence electrons. The summed E-state index contributed by atoms with van der Waals surface area (Å²) in [5, 5.41) is 2.30. The molecule has 0 bridgehead atoms. The van der Waals surface area contributed by atoms with Gasteiger partial charge in [0.15, 0.2) is 0 Å². The van der Waals surface area contributed by atoms with Crippen LogP contribution in [0.15, 0.2) is 23.2 Å². The second-order valence-electron chi connectivity index (χ2n) is 4.44. The standard InChI is InChI=1S/C12H12N4O2/c13-8-2-1-7-5-16(6-14-9(7)3-8)10-4-11(17)15-12(10)18/h1-3,6,10H,4-5,13H2,(H,15,17,18). The van der Waals surface area contributed by atoms with Crippen molar-refractivity contribution in [2.45, 2.75) is 19.0 Å². The van der Waals surface area contributed by atoms with Gasteiger partial charge in [-0.1, -0.05) is 6.07 Å². The lowest BCUT2D eigenvalue weighted by atomic mass is 10.1. The highest BCUT2D eigenvalue weighted by Gasteiger charge is 2.35. The highest BCUT2D eigenvalue weighted by molar-refractivity contribution is 6.06. The zero-order chi connectivity index (χ0) is 12.7. The third-order valence-corrected chi connectivity index (χ3v) is 3.15. The number of fused-ring (bicyclic) bond motifs is 1. The number of hydrogen-bond acceptors (Lipinski definition) is 5. The molecule has 0 radical (unpaired) electrons. The minimum Gasteiger partial charge on any atom is -0.399 e. The Morgan fingerprint density at radius 2 is 2.22 bits per heavy atom. The molecule has 6 heteroatoms. The first-order valence-electron chi connectivity index (χ1n) is 5.65. The Morgan fingerprint density at radius 3 is 2.94 bits per heavy atom. The van der Waals surface area contributed by atoms with Crippen LogP contribution in [0, 0.1) is 0 Å². The van der Waals surface area contributed by atoms with Gasteiger partial charge < -0.3 is 10.6 Å². The number of carbonyl (C=O) groups is 2. The van der Waals surface area contributed by atoms with E-state index in [9.17, 15) is 9.59 Å². The van der Waals surface area contributed by atoms with Gasteiger partial charge in [-0.25, -0.2) is 4.99 Å². The van der Waals surface area contributed by atoms with Gasteiger partial charge in [0.2, 0.25) is 11.8 Å². The molecule has 0 aliphatic carbocycles. The Kier molecular flexibility index (Phi) is 2.29. The van der Waals surface area contributed by atoms with Crippen LogP contribution in [0.4, 0.5) is 11.4 Å². The van der Waals surface area contributed by atoms with Crippen LogP contribution in [0.1, 0.15) is 12.0 Å². The van der Waals surface area contributed by atoms with Crippen LogP contribution in [-0.4, -0.2) is 29.1 Å². The Balaban J connectivity index is 1.86. The summed E-state index contributed by atoms with van der Waals surface area (Å²) < 4.78 is 0. The number of aliphatic imine (C=N–C) groups is 1. The maximum absolute atomic E-state index is 11.6. The van der Waals surface area contributed by atoms with Gasteiger partial charge in [-0.3, -0.25) is 14.9 Å². The van der Waals surface area contributed by atoms with E-state index in [-0.39, 0.29) is 18.2 Å². The molecule has 1 aromatic carbocycles. The second kappa shape index (κ2) is 3.83. The van der Waals surface area contributed by atoms with E-state index in [4.69, 9.17) is 5.73 Å². The van der Waals surface area contributed by atoms with Gasteiger partial charge in [-0.15, -0.1) is 0 Å². The topological polar surface area (TPSA) is 87.8 Å². The zero-order valence-electron chi connectivity index (χ0n) is 9.59. The number of imide groups is 1. The molecule has 1 atom stereocenters. The summed E-state index contributed by atoms with van der Waals surface area (Å²) in [5.41, 5.74) is 8.16. The number of nitrogens with zero attached hydrogens (tertiary/aromatic N) is 2. The molecular formula is C12H12N4O2. The van der Waals surface area contributed by atoms with E-state index in [2.05, 4.69) is 10.3 Å². The monoisotopic (exact) mass is 244 g/mol. The fourth-order valence-corrected chi connectivity index (χ4v) is 2.21. The van der Waals surface area contributed by atoms with Crippen molar-refractivity contribution in [1.82, 2.24) is 10.2 Å². The Labute approximate surface area is 103 Å². The van der Waals surface area contributed by atoms with Crippen molar-refractivity contribution in [1.29, 1.82) is 0 Å². The van der Waals surface area contributed by atoms with Gasteiger partial charge in [0.25, 0.3) is 0 Å². The van der Waals surface area contributed by atoms with Crippen LogP contribution in [0.25, 0.3) is 0 Å². The maximum Gasteiger partial charge on any atom is 0.249 e. The molecule has 2 aliphatic rings. The van der Waals surface area contributed by atoms with E-state index in [1.165, 1.54) is 0 Å². The number of rotatable bonds is 1. The molecule has 18 heavy (non-hydrogen) atoms. The SMILES string of the molecule is Nc1ccc2c(c1)N=CN(C1CC(=O)NC1=O)C2. The third-order valence-electron chi connectivity index (χ3n) is 3.15. The summed E-state index contributed by atoms with van der Waals surface area (Å²) in [7, 11) is 0. The van der Waals surface area contributed by atoms with Crippen molar-refractivity contribution < 1.29 is 9.59 Å². The number of amides is 2. The molecule has 2 amide bonds. The molecule has 0 saturated carbocycles. The maximum atomic E-state index is 11.6. The van der Waals surface area contributed by atoms with E-state index < -0.39 is 6.04 Å². The smallest absolute Gasteiger partial charge is 0.249 e. The van der Waals surface area contributed by atoms with Crippen LogP contribution in [-0.2, 0) is 16.1 Å². The van der Waals surface area contributed by atoms with Crippen molar-refractivity contribution in [2.75, 3.05) is 5.73 Å². The van der Waals surface area contributed by atoms with Gasteiger partial charge in [-0.2, -0.15) is 0 Å². The van der Waals surface area contributed by atoms with Gasteiger partial charge in [0.1, 0.15) is 6.04 Å². The van der Waals surface area contributed by atoms with E-state index >= 15 is 0 Å². The van der Waals surface area contributed by atoms with Crippen LogP contribution in [0.3, 0.4) is 0 Å². The number of benzene rings is 1. The average molecular weight is 244 g/mol. The summed E-state index contributed by atoms with van der Waals surface area (Å²) in [5.74, 6) is -0.494. The summed E-state index contributed by atoms with van der Waals surface area (Å²) in [4.78, 5) is 28.8. The molecule has 3 rings (SSSR count). The summed E-state index contributed by atoms with van der Waals surface area (Å²) >= 11 is 0. The van der Waals surface area contributed by atoms with Gasteiger partial charge in [-0.05, 0) is 17.7 Å². The normalized spacial score (nSPS) is 22.0. The molecule has 1 aromatic rings. The molecule has 6 nitrogen and oxygen atoms in total. The number of carbonyl (C=O) groups excluding carboxylic acids is 2. The van der Waals surface area contributed by atoms with Crippen molar-refractivity contribution in [3.63, 3.8) is 0 Å². The fraction of sp³-hybridized carbons (Fsp3) is 0.250. The van der Waals surface area contributed by atoms with E-state index in [0.717, 1.165) is 11.3 Å². The van der Waals surface area contributed by atoms with E-state index in [1.54, 1.807) is 23.4 Å². The van der Waals surface area contributed by atoms with Crippen LogP contribution in [0.2, 0.25) is 0 Å². The van der Waals surface area contributed by atoms with Crippen LogP contribution >= 0.6 is 0 Å². The van der Waals surface area contributed by atoms with Gasteiger partial charge in [0, 0.05) is 12.2 Å². The molecule has 1 fully saturated rings. The Hall–Kier alpha value is -2.37. The van der Waals surface area contributed by atoms with Gasteiger partial charge in [0.05, 0.1) is 18.4 Å². The molecule has 3 N–H and O–H groups in total. The number of nitrogen functional groups attached to an aromatic ring is 1. The zero-order valence-corrected chi connectivity index (χ0v) is 9.59. The van der Waals surface area contributed by atoms with E-state index in [1.807, 2.05) is 6.07 Å². The first-order chi connectivity index (χ1) is 8.63.